The van der Waals surface area contributed by atoms with Crippen LogP contribution in [-0.4, -0.2) is 16.2 Å². The van der Waals surface area contributed by atoms with Crippen molar-refractivity contribution in [1.29, 1.82) is 0 Å². The van der Waals surface area contributed by atoms with Gasteiger partial charge in [-0.25, -0.2) is 4.39 Å². The minimum atomic E-state index is -0.328. The molecule has 2 heterocycles. The van der Waals surface area contributed by atoms with Crippen LogP contribution in [0.5, 0.6) is 0 Å². The molecule has 0 bridgehead atoms. The van der Waals surface area contributed by atoms with Crippen molar-refractivity contribution < 1.29 is 18.2 Å². The first-order valence-electron chi connectivity index (χ1n) is 6.55. The third-order valence-corrected chi connectivity index (χ3v) is 2.92. The lowest BCUT2D eigenvalue weighted by Gasteiger charge is -1.97. The van der Waals surface area contributed by atoms with Gasteiger partial charge in [0.15, 0.2) is 11.6 Å². The molecule has 1 amide bonds. The quantitative estimate of drug-likeness (QED) is 0.801. The zero-order valence-corrected chi connectivity index (χ0v) is 11.7. The van der Waals surface area contributed by atoms with Crippen molar-refractivity contribution in [3.63, 3.8) is 0 Å². The molecule has 2 aromatic heterocycles. The Morgan fingerprint density at radius 2 is 1.95 bits per heavy atom. The van der Waals surface area contributed by atoms with Gasteiger partial charge in [0.2, 0.25) is 5.91 Å². The fourth-order valence-corrected chi connectivity index (χ4v) is 1.92. The smallest absolute Gasteiger partial charge is 0.231 e. The number of benzene rings is 1. The largest absolute Gasteiger partial charge is 0.360 e. The van der Waals surface area contributed by atoms with Gasteiger partial charge >= 0.3 is 0 Å². The number of aryl methyl sites for hydroxylation is 1. The maximum atomic E-state index is 12.9. The molecule has 3 aromatic rings. The van der Waals surface area contributed by atoms with E-state index in [4.69, 9.17) is 9.05 Å². The molecule has 0 saturated carbocycles. The van der Waals surface area contributed by atoms with Gasteiger partial charge in [-0.2, -0.15) is 0 Å². The van der Waals surface area contributed by atoms with Gasteiger partial charge in [-0.05, 0) is 31.2 Å². The first-order valence-corrected chi connectivity index (χ1v) is 6.55. The van der Waals surface area contributed by atoms with Crippen molar-refractivity contribution in [3.05, 3.63) is 53.7 Å². The highest BCUT2D eigenvalue weighted by molar-refractivity contribution is 5.91. The van der Waals surface area contributed by atoms with Crippen LogP contribution in [0.25, 0.3) is 11.3 Å². The molecular weight excluding hydrogens is 289 g/mol. The second-order valence-electron chi connectivity index (χ2n) is 4.74. The summed E-state index contributed by atoms with van der Waals surface area (Å²) in [5.41, 5.74) is 1.16. The summed E-state index contributed by atoms with van der Waals surface area (Å²) in [6.45, 7) is 1.73. The lowest BCUT2D eigenvalue weighted by molar-refractivity contribution is -0.115. The predicted molar refractivity (Wildman–Crippen MR) is 75.5 cm³/mol. The molecule has 1 N–H and O–H groups in total. The minimum Gasteiger partial charge on any atom is -0.360 e. The summed E-state index contributed by atoms with van der Waals surface area (Å²) in [5.74, 6) is 0.818. The van der Waals surface area contributed by atoms with Gasteiger partial charge in [0.25, 0.3) is 0 Å². The zero-order valence-electron chi connectivity index (χ0n) is 11.7. The lowest BCUT2D eigenvalue weighted by Crippen LogP contribution is -2.14. The summed E-state index contributed by atoms with van der Waals surface area (Å²) >= 11 is 0. The molecule has 0 aliphatic rings. The van der Waals surface area contributed by atoms with Crippen LogP contribution in [0.4, 0.5) is 10.2 Å². The Morgan fingerprint density at radius 1 is 1.18 bits per heavy atom. The van der Waals surface area contributed by atoms with E-state index in [0.717, 1.165) is 0 Å². The first-order chi connectivity index (χ1) is 10.6. The van der Waals surface area contributed by atoms with Gasteiger partial charge in [0, 0.05) is 17.7 Å². The van der Waals surface area contributed by atoms with Crippen LogP contribution in [0.15, 0.2) is 45.4 Å². The Kier molecular flexibility index (Phi) is 3.69. The van der Waals surface area contributed by atoms with E-state index in [2.05, 4.69) is 15.6 Å². The molecule has 22 heavy (non-hydrogen) atoms. The van der Waals surface area contributed by atoms with Crippen LogP contribution < -0.4 is 5.32 Å². The molecule has 0 atom stereocenters. The molecule has 0 unspecified atom stereocenters. The molecular formula is C15H12FN3O3. The number of carbonyl (C=O) groups is 1. The number of halogens is 1. The summed E-state index contributed by atoms with van der Waals surface area (Å²) in [7, 11) is 0. The van der Waals surface area contributed by atoms with E-state index in [1.807, 2.05) is 0 Å². The number of anilines is 1. The SMILES string of the molecule is Cc1cc(NC(=O)Cc2cc(-c3ccc(F)cc3)on2)no1. The third-order valence-electron chi connectivity index (χ3n) is 2.92. The molecule has 112 valence electrons. The Hall–Kier alpha value is -2.96. The Labute approximate surface area is 124 Å². The number of nitrogens with zero attached hydrogens (tertiary/aromatic N) is 2. The Balaban J connectivity index is 1.66. The summed E-state index contributed by atoms with van der Waals surface area (Å²) in [5, 5.41) is 10.1. The van der Waals surface area contributed by atoms with Gasteiger partial charge in [0.05, 0.1) is 12.1 Å². The number of carbonyl (C=O) groups excluding carboxylic acids is 1. The van der Waals surface area contributed by atoms with Crippen LogP contribution in [0, 0.1) is 12.7 Å². The molecule has 0 aliphatic carbocycles. The summed E-state index contributed by atoms with van der Waals surface area (Å²) in [4.78, 5) is 11.9. The van der Waals surface area contributed by atoms with Crippen molar-refractivity contribution >= 4 is 11.7 Å². The second kappa shape index (κ2) is 5.80. The monoisotopic (exact) mass is 301 g/mol. The van der Waals surface area contributed by atoms with Crippen LogP contribution in [-0.2, 0) is 11.2 Å². The predicted octanol–water partition coefficient (Wildman–Crippen LogP) is 2.96. The number of nitrogens with one attached hydrogen (secondary N) is 1. The van der Waals surface area contributed by atoms with Gasteiger partial charge in [-0.1, -0.05) is 10.3 Å². The third kappa shape index (κ3) is 3.20. The highest BCUT2D eigenvalue weighted by Gasteiger charge is 2.12. The van der Waals surface area contributed by atoms with E-state index in [1.54, 1.807) is 31.2 Å². The molecule has 0 saturated heterocycles. The van der Waals surface area contributed by atoms with E-state index in [-0.39, 0.29) is 18.1 Å². The number of aromatic nitrogens is 2. The maximum absolute atomic E-state index is 12.9. The van der Waals surface area contributed by atoms with Crippen molar-refractivity contribution in [2.45, 2.75) is 13.3 Å². The topological polar surface area (TPSA) is 81.2 Å². The fourth-order valence-electron chi connectivity index (χ4n) is 1.92. The number of hydrogen-bond acceptors (Lipinski definition) is 5. The van der Waals surface area contributed by atoms with Crippen LogP contribution >= 0.6 is 0 Å². The van der Waals surface area contributed by atoms with E-state index < -0.39 is 0 Å². The summed E-state index contributed by atoms with van der Waals surface area (Å²) < 4.78 is 22.9. The fraction of sp³-hybridized carbons (Fsp3) is 0.133. The molecule has 0 spiro atoms. The Bertz CT molecular complexity index is 792. The van der Waals surface area contributed by atoms with Crippen LogP contribution in [0.1, 0.15) is 11.5 Å². The van der Waals surface area contributed by atoms with Gasteiger partial charge in [0.1, 0.15) is 11.6 Å². The second-order valence-corrected chi connectivity index (χ2v) is 4.74. The number of rotatable bonds is 4. The summed E-state index contributed by atoms with van der Waals surface area (Å²) in [6.07, 6.45) is 0.0383. The summed E-state index contributed by atoms with van der Waals surface area (Å²) in [6, 6.07) is 9.08. The normalized spacial score (nSPS) is 10.6. The number of amides is 1. The molecule has 0 aliphatic heterocycles. The van der Waals surface area contributed by atoms with E-state index in [0.29, 0.717) is 28.6 Å². The molecule has 3 rings (SSSR count). The maximum Gasteiger partial charge on any atom is 0.231 e. The van der Waals surface area contributed by atoms with Crippen molar-refractivity contribution in [3.8, 4) is 11.3 Å². The minimum absolute atomic E-state index is 0.0383. The molecule has 0 radical (unpaired) electrons. The highest BCUT2D eigenvalue weighted by Crippen LogP contribution is 2.21. The molecule has 6 nitrogen and oxygen atoms in total. The van der Waals surface area contributed by atoms with E-state index >= 15 is 0 Å². The standard InChI is InChI=1S/C15H12FN3O3/c1-9-6-14(19-21-9)17-15(20)8-12-7-13(22-18-12)10-2-4-11(16)5-3-10/h2-7H,8H2,1H3,(H,17,19,20). The molecule has 0 fully saturated rings. The van der Waals surface area contributed by atoms with Gasteiger partial charge in [-0.3, -0.25) is 4.79 Å². The van der Waals surface area contributed by atoms with Gasteiger partial charge in [-0.15, -0.1) is 0 Å². The van der Waals surface area contributed by atoms with Crippen LogP contribution in [0.3, 0.4) is 0 Å². The highest BCUT2D eigenvalue weighted by atomic mass is 19.1. The average Bonchev–Trinajstić information content (AvgIpc) is 3.09. The zero-order chi connectivity index (χ0) is 15.5. The van der Waals surface area contributed by atoms with Crippen molar-refractivity contribution in [2.24, 2.45) is 0 Å². The van der Waals surface area contributed by atoms with Gasteiger partial charge < -0.3 is 14.4 Å². The van der Waals surface area contributed by atoms with Crippen LogP contribution in [0.2, 0.25) is 0 Å². The first kappa shape index (κ1) is 14.0. The number of hydrogen-bond donors (Lipinski definition) is 1. The lowest BCUT2D eigenvalue weighted by atomic mass is 10.1. The molecule has 1 aromatic carbocycles. The van der Waals surface area contributed by atoms with Crippen molar-refractivity contribution in [2.75, 3.05) is 5.32 Å². The Morgan fingerprint density at radius 3 is 2.64 bits per heavy atom. The average molecular weight is 301 g/mol. The van der Waals surface area contributed by atoms with Crippen molar-refractivity contribution in [1.82, 2.24) is 10.3 Å². The molecule has 7 heteroatoms. The van der Waals surface area contributed by atoms with E-state index in [1.165, 1.54) is 12.1 Å². The van der Waals surface area contributed by atoms with E-state index in [9.17, 15) is 9.18 Å².